The number of hydrogen-bond acceptors (Lipinski definition) is 3. The van der Waals surface area contributed by atoms with Gasteiger partial charge in [-0.2, -0.15) is 0 Å². The van der Waals surface area contributed by atoms with Gasteiger partial charge in [-0.05, 0) is 48.2 Å². The number of carbonyl (C=O) groups excluding carboxylic acids is 1. The second-order valence-corrected chi connectivity index (χ2v) is 7.06. The van der Waals surface area contributed by atoms with Crippen molar-refractivity contribution in [1.29, 1.82) is 0 Å². The number of nitrogens with zero attached hydrogens (tertiary/aromatic N) is 1. The highest BCUT2D eigenvalue weighted by Crippen LogP contribution is 2.42. The van der Waals surface area contributed by atoms with Crippen LogP contribution in [-0.4, -0.2) is 17.9 Å². The first-order valence-corrected chi connectivity index (χ1v) is 9.17. The Balaban J connectivity index is 1.93. The molecule has 0 radical (unpaired) electrons. The summed E-state index contributed by atoms with van der Waals surface area (Å²) in [6.07, 6.45) is 2.06. The summed E-state index contributed by atoms with van der Waals surface area (Å²) >= 11 is 9.31. The van der Waals surface area contributed by atoms with Gasteiger partial charge in [0, 0.05) is 15.6 Å². The van der Waals surface area contributed by atoms with Crippen LogP contribution in [0.4, 0.5) is 5.69 Å². The van der Waals surface area contributed by atoms with Crippen LogP contribution >= 0.6 is 35.1 Å². The van der Waals surface area contributed by atoms with Crippen LogP contribution in [0.3, 0.4) is 0 Å². The third-order valence-corrected chi connectivity index (χ3v) is 5.58. The molecule has 3 rings (SSSR count). The van der Waals surface area contributed by atoms with Crippen molar-refractivity contribution in [2.24, 2.45) is 0 Å². The molecule has 0 aromatic heterocycles. The maximum atomic E-state index is 12.2. The lowest BCUT2D eigenvalue weighted by molar-refractivity contribution is -0.115. The lowest BCUT2D eigenvalue weighted by Crippen LogP contribution is -2.27. The van der Waals surface area contributed by atoms with Gasteiger partial charge in [0.2, 0.25) is 5.91 Å². The SMILES string of the molecule is CSc1ccc([C@@H]2SCC(=O)N2c2ccc(Cl)cc2)cc1. The van der Waals surface area contributed by atoms with Gasteiger partial charge in [-0.1, -0.05) is 23.7 Å². The van der Waals surface area contributed by atoms with Crippen LogP contribution in [0.25, 0.3) is 0 Å². The molecule has 0 spiro atoms. The van der Waals surface area contributed by atoms with Crippen LogP contribution < -0.4 is 4.90 Å². The van der Waals surface area contributed by atoms with Gasteiger partial charge in [0.05, 0.1) is 5.75 Å². The van der Waals surface area contributed by atoms with E-state index in [1.165, 1.54) is 4.90 Å². The Labute approximate surface area is 137 Å². The van der Waals surface area contributed by atoms with Crippen LogP contribution in [-0.2, 0) is 4.79 Å². The van der Waals surface area contributed by atoms with E-state index < -0.39 is 0 Å². The summed E-state index contributed by atoms with van der Waals surface area (Å²) in [5.41, 5.74) is 2.05. The molecule has 1 amide bonds. The predicted octanol–water partition coefficient (Wildman–Crippen LogP) is 4.84. The summed E-state index contributed by atoms with van der Waals surface area (Å²) in [5.74, 6) is 0.652. The van der Waals surface area contributed by atoms with E-state index in [9.17, 15) is 4.79 Å². The zero-order valence-corrected chi connectivity index (χ0v) is 13.8. The molecular formula is C16H14ClNOS2. The molecule has 0 saturated carbocycles. The van der Waals surface area contributed by atoms with E-state index in [1.54, 1.807) is 23.5 Å². The topological polar surface area (TPSA) is 20.3 Å². The van der Waals surface area contributed by atoms with Gasteiger partial charge in [0.25, 0.3) is 0 Å². The third kappa shape index (κ3) is 3.07. The molecule has 2 nitrogen and oxygen atoms in total. The highest BCUT2D eigenvalue weighted by atomic mass is 35.5. The second-order valence-electron chi connectivity index (χ2n) is 4.68. The quantitative estimate of drug-likeness (QED) is 0.748. The van der Waals surface area contributed by atoms with Gasteiger partial charge in [0.1, 0.15) is 5.37 Å². The van der Waals surface area contributed by atoms with Gasteiger partial charge in [-0.25, -0.2) is 0 Å². The molecule has 108 valence electrons. The van der Waals surface area contributed by atoms with Crippen molar-refractivity contribution >= 4 is 46.7 Å². The van der Waals surface area contributed by atoms with E-state index in [1.807, 2.05) is 29.2 Å². The molecule has 1 aliphatic heterocycles. The Hall–Kier alpha value is -1.10. The molecule has 0 bridgehead atoms. The van der Waals surface area contributed by atoms with Crippen LogP contribution in [0.15, 0.2) is 53.4 Å². The molecule has 21 heavy (non-hydrogen) atoms. The Kier molecular flexibility index (Phi) is 4.48. The summed E-state index contributed by atoms with van der Waals surface area (Å²) in [6, 6.07) is 15.8. The first-order chi connectivity index (χ1) is 10.2. The number of halogens is 1. The average molecular weight is 336 g/mol. The number of rotatable bonds is 3. The number of amides is 1. The van der Waals surface area contributed by atoms with E-state index >= 15 is 0 Å². The van der Waals surface area contributed by atoms with E-state index in [4.69, 9.17) is 11.6 Å². The van der Waals surface area contributed by atoms with E-state index in [0.717, 1.165) is 11.3 Å². The molecule has 0 N–H and O–H groups in total. The molecular weight excluding hydrogens is 322 g/mol. The fraction of sp³-hybridized carbons (Fsp3) is 0.188. The Morgan fingerprint density at radius 3 is 2.43 bits per heavy atom. The fourth-order valence-electron chi connectivity index (χ4n) is 2.32. The molecule has 2 aromatic carbocycles. The summed E-state index contributed by atoms with van der Waals surface area (Å²) in [7, 11) is 0. The molecule has 1 atom stereocenters. The molecule has 0 unspecified atom stereocenters. The van der Waals surface area contributed by atoms with Crippen molar-refractivity contribution in [2.75, 3.05) is 16.9 Å². The summed E-state index contributed by atoms with van der Waals surface area (Å²) in [6.45, 7) is 0. The Morgan fingerprint density at radius 1 is 1.14 bits per heavy atom. The molecule has 2 aromatic rings. The van der Waals surface area contributed by atoms with Crippen molar-refractivity contribution in [1.82, 2.24) is 0 Å². The molecule has 1 heterocycles. The summed E-state index contributed by atoms with van der Waals surface area (Å²) in [4.78, 5) is 15.3. The highest BCUT2D eigenvalue weighted by Gasteiger charge is 2.33. The number of benzene rings is 2. The van der Waals surface area contributed by atoms with Gasteiger partial charge in [-0.15, -0.1) is 23.5 Å². The fourth-order valence-corrected chi connectivity index (χ4v) is 4.03. The minimum Gasteiger partial charge on any atom is -0.295 e. The monoisotopic (exact) mass is 335 g/mol. The lowest BCUT2D eigenvalue weighted by atomic mass is 10.2. The van der Waals surface area contributed by atoms with Gasteiger partial charge >= 0.3 is 0 Å². The normalized spacial score (nSPS) is 18.3. The number of thioether (sulfide) groups is 2. The van der Waals surface area contributed by atoms with Crippen molar-refractivity contribution < 1.29 is 4.79 Å². The van der Waals surface area contributed by atoms with Crippen molar-refractivity contribution in [3.63, 3.8) is 0 Å². The van der Waals surface area contributed by atoms with E-state index in [-0.39, 0.29) is 11.3 Å². The van der Waals surface area contributed by atoms with Crippen LogP contribution in [0.1, 0.15) is 10.9 Å². The van der Waals surface area contributed by atoms with Crippen LogP contribution in [0.5, 0.6) is 0 Å². The number of carbonyl (C=O) groups is 1. The predicted molar refractivity (Wildman–Crippen MR) is 92.4 cm³/mol. The Bertz CT molecular complexity index is 642. The zero-order valence-electron chi connectivity index (χ0n) is 11.5. The first kappa shape index (κ1) is 14.8. The highest BCUT2D eigenvalue weighted by molar-refractivity contribution is 8.00. The van der Waals surface area contributed by atoms with Crippen molar-refractivity contribution in [2.45, 2.75) is 10.3 Å². The lowest BCUT2D eigenvalue weighted by Gasteiger charge is -2.24. The largest absolute Gasteiger partial charge is 0.295 e. The minimum atomic E-state index is 0.0366. The first-order valence-electron chi connectivity index (χ1n) is 6.52. The standard InChI is InChI=1S/C16H14ClNOS2/c1-20-14-8-2-11(3-9-14)16-18(15(19)10-21-16)13-6-4-12(17)5-7-13/h2-9,16H,10H2,1H3/t16-/m0/s1. The average Bonchev–Trinajstić information content (AvgIpc) is 2.90. The molecule has 1 fully saturated rings. The zero-order chi connectivity index (χ0) is 14.8. The van der Waals surface area contributed by atoms with Crippen molar-refractivity contribution in [3.8, 4) is 0 Å². The van der Waals surface area contributed by atoms with Crippen LogP contribution in [0.2, 0.25) is 5.02 Å². The molecule has 0 aliphatic carbocycles. The minimum absolute atomic E-state index is 0.0366. The van der Waals surface area contributed by atoms with Gasteiger partial charge in [0.15, 0.2) is 0 Å². The smallest absolute Gasteiger partial charge is 0.238 e. The number of anilines is 1. The van der Waals surface area contributed by atoms with Gasteiger partial charge < -0.3 is 0 Å². The molecule has 5 heteroatoms. The maximum absolute atomic E-state index is 12.2. The van der Waals surface area contributed by atoms with E-state index in [2.05, 4.69) is 30.5 Å². The third-order valence-electron chi connectivity index (χ3n) is 3.37. The summed E-state index contributed by atoms with van der Waals surface area (Å²) in [5, 5.41) is 0.716. The molecule has 1 saturated heterocycles. The summed E-state index contributed by atoms with van der Waals surface area (Å²) < 4.78 is 0. The molecule has 1 aliphatic rings. The number of hydrogen-bond donors (Lipinski definition) is 0. The van der Waals surface area contributed by atoms with Crippen molar-refractivity contribution in [3.05, 3.63) is 59.1 Å². The van der Waals surface area contributed by atoms with Gasteiger partial charge in [-0.3, -0.25) is 9.69 Å². The maximum Gasteiger partial charge on any atom is 0.238 e. The second kappa shape index (κ2) is 6.34. The van der Waals surface area contributed by atoms with E-state index in [0.29, 0.717) is 10.8 Å². The Morgan fingerprint density at radius 2 is 1.81 bits per heavy atom. The van der Waals surface area contributed by atoms with Crippen LogP contribution in [0, 0.1) is 0 Å².